The molecule has 33 heavy (non-hydrogen) atoms. The minimum absolute atomic E-state index is 0.0757. The standard InChI is InChI=1S/C27H28N2O3S/c1-33(31,32)29-27-22(12-7-13-26(27)30)16-17-28-25(18-20-8-3-2-4-9-20)24-15-14-21-10-5-6-11-23(21)19-24/h2-15,19,25,28-30H,16-18H2,1H3/t25-/m0/s1. The largest absolute Gasteiger partial charge is 0.506 e. The molecule has 3 N–H and O–H groups in total. The van der Waals surface area contributed by atoms with Crippen LogP contribution in [0.3, 0.4) is 0 Å². The Hall–Kier alpha value is -3.35. The van der Waals surface area contributed by atoms with E-state index in [1.807, 2.05) is 36.4 Å². The van der Waals surface area contributed by atoms with Crippen LogP contribution in [-0.4, -0.2) is 26.3 Å². The van der Waals surface area contributed by atoms with Crippen molar-refractivity contribution >= 4 is 26.5 Å². The summed E-state index contributed by atoms with van der Waals surface area (Å²) in [6, 6.07) is 30.3. The van der Waals surface area contributed by atoms with E-state index < -0.39 is 10.0 Å². The van der Waals surface area contributed by atoms with Crippen LogP contribution < -0.4 is 10.0 Å². The molecule has 4 aromatic carbocycles. The number of aromatic hydroxyl groups is 1. The number of nitrogens with one attached hydrogen (secondary N) is 2. The van der Waals surface area contributed by atoms with E-state index in [1.165, 1.54) is 28.0 Å². The van der Waals surface area contributed by atoms with Gasteiger partial charge in [0.05, 0.1) is 11.9 Å². The maximum atomic E-state index is 11.7. The normalized spacial score (nSPS) is 12.5. The van der Waals surface area contributed by atoms with Crippen molar-refractivity contribution in [2.24, 2.45) is 0 Å². The van der Waals surface area contributed by atoms with Crippen LogP contribution in [0.5, 0.6) is 5.75 Å². The molecule has 0 saturated heterocycles. The molecular formula is C27H28N2O3S. The van der Waals surface area contributed by atoms with Crippen LogP contribution >= 0.6 is 0 Å². The van der Waals surface area contributed by atoms with E-state index >= 15 is 0 Å². The van der Waals surface area contributed by atoms with Crippen molar-refractivity contribution in [1.29, 1.82) is 0 Å². The Balaban J connectivity index is 1.55. The number of hydrogen-bond acceptors (Lipinski definition) is 4. The van der Waals surface area contributed by atoms with Crippen LogP contribution in [0.1, 0.15) is 22.7 Å². The Morgan fingerprint density at radius 3 is 2.33 bits per heavy atom. The zero-order valence-electron chi connectivity index (χ0n) is 18.5. The molecule has 170 valence electrons. The highest BCUT2D eigenvalue weighted by Gasteiger charge is 2.15. The van der Waals surface area contributed by atoms with Crippen molar-refractivity contribution in [3.63, 3.8) is 0 Å². The zero-order chi connectivity index (χ0) is 23.3. The lowest BCUT2D eigenvalue weighted by atomic mass is 9.96. The Bertz CT molecular complexity index is 1340. The van der Waals surface area contributed by atoms with E-state index in [4.69, 9.17) is 0 Å². The minimum Gasteiger partial charge on any atom is -0.506 e. The maximum Gasteiger partial charge on any atom is 0.229 e. The van der Waals surface area contributed by atoms with Crippen molar-refractivity contribution < 1.29 is 13.5 Å². The smallest absolute Gasteiger partial charge is 0.229 e. The molecule has 0 bridgehead atoms. The maximum absolute atomic E-state index is 11.7. The summed E-state index contributed by atoms with van der Waals surface area (Å²) in [5.74, 6) is -0.0757. The van der Waals surface area contributed by atoms with Crippen molar-refractivity contribution in [3.05, 3.63) is 108 Å². The minimum atomic E-state index is -3.50. The first-order chi connectivity index (χ1) is 15.9. The van der Waals surface area contributed by atoms with Crippen LogP contribution in [-0.2, 0) is 22.9 Å². The van der Waals surface area contributed by atoms with Gasteiger partial charge in [0.15, 0.2) is 0 Å². The van der Waals surface area contributed by atoms with E-state index in [-0.39, 0.29) is 17.5 Å². The van der Waals surface area contributed by atoms with Gasteiger partial charge in [0.1, 0.15) is 5.75 Å². The molecule has 6 heteroatoms. The van der Waals surface area contributed by atoms with Gasteiger partial charge in [-0.1, -0.05) is 78.9 Å². The molecule has 0 amide bonds. The molecule has 1 atom stereocenters. The van der Waals surface area contributed by atoms with Crippen molar-refractivity contribution in [1.82, 2.24) is 5.32 Å². The summed E-state index contributed by atoms with van der Waals surface area (Å²) in [6.45, 7) is 0.617. The van der Waals surface area contributed by atoms with Crippen LogP contribution in [0.4, 0.5) is 5.69 Å². The summed E-state index contributed by atoms with van der Waals surface area (Å²) in [6.07, 6.45) is 2.47. The topological polar surface area (TPSA) is 78.4 Å². The Morgan fingerprint density at radius 2 is 1.58 bits per heavy atom. The molecule has 4 rings (SSSR count). The Morgan fingerprint density at radius 1 is 0.848 bits per heavy atom. The highest BCUT2D eigenvalue weighted by molar-refractivity contribution is 7.92. The second kappa shape index (κ2) is 10.1. The molecule has 0 unspecified atom stereocenters. The second-order valence-electron chi connectivity index (χ2n) is 8.24. The lowest BCUT2D eigenvalue weighted by Crippen LogP contribution is -2.26. The molecule has 0 saturated carbocycles. The summed E-state index contributed by atoms with van der Waals surface area (Å²) in [5, 5.41) is 16.2. The molecule has 0 radical (unpaired) electrons. The lowest BCUT2D eigenvalue weighted by Gasteiger charge is -2.21. The molecule has 0 aliphatic carbocycles. The highest BCUT2D eigenvalue weighted by Crippen LogP contribution is 2.29. The van der Waals surface area contributed by atoms with Crippen molar-refractivity contribution in [2.75, 3.05) is 17.5 Å². The summed E-state index contributed by atoms with van der Waals surface area (Å²) in [7, 11) is -3.50. The summed E-state index contributed by atoms with van der Waals surface area (Å²) in [4.78, 5) is 0. The number of hydrogen-bond donors (Lipinski definition) is 3. The van der Waals surface area contributed by atoms with Crippen LogP contribution in [0, 0.1) is 0 Å². The average Bonchev–Trinajstić information content (AvgIpc) is 2.80. The summed E-state index contributed by atoms with van der Waals surface area (Å²) < 4.78 is 25.9. The van der Waals surface area contributed by atoms with Gasteiger partial charge in [-0.15, -0.1) is 0 Å². The number of fused-ring (bicyclic) bond motifs is 1. The van der Waals surface area contributed by atoms with Gasteiger partial charge in [0.25, 0.3) is 0 Å². The first-order valence-electron chi connectivity index (χ1n) is 10.9. The first kappa shape index (κ1) is 22.8. The Kier molecular flexibility index (Phi) is 6.96. The number of anilines is 1. The van der Waals surface area contributed by atoms with Crippen LogP contribution in [0.15, 0.2) is 91.0 Å². The Labute approximate surface area is 195 Å². The van der Waals surface area contributed by atoms with E-state index in [0.717, 1.165) is 18.2 Å². The molecule has 0 heterocycles. The average molecular weight is 461 g/mol. The van der Waals surface area contributed by atoms with E-state index in [9.17, 15) is 13.5 Å². The van der Waals surface area contributed by atoms with Gasteiger partial charge in [0, 0.05) is 6.04 Å². The molecule has 0 spiro atoms. The number of sulfonamides is 1. The zero-order valence-corrected chi connectivity index (χ0v) is 19.3. The second-order valence-corrected chi connectivity index (χ2v) is 9.99. The highest BCUT2D eigenvalue weighted by atomic mass is 32.2. The van der Waals surface area contributed by atoms with Gasteiger partial charge in [-0.05, 0) is 59.0 Å². The third-order valence-electron chi connectivity index (χ3n) is 5.66. The lowest BCUT2D eigenvalue weighted by molar-refractivity contribution is 0.476. The number of para-hydroxylation sites is 1. The fourth-order valence-corrected chi connectivity index (χ4v) is 4.67. The quantitative estimate of drug-likeness (QED) is 0.306. The third-order valence-corrected chi connectivity index (χ3v) is 6.23. The van der Waals surface area contributed by atoms with Gasteiger partial charge >= 0.3 is 0 Å². The molecule has 0 fully saturated rings. The monoisotopic (exact) mass is 460 g/mol. The molecule has 0 aliphatic heterocycles. The van der Waals surface area contributed by atoms with Crippen molar-refractivity contribution in [3.8, 4) is 5.75 Å². The predicted octanol–water partition coefficient (Wildman–Crippen LogP) is 5.03. The van der Waals surface area contributed by atoms with Gasteiger partial charge in [-0.2, -0.15) is 0 Å². The first-order valence-corrected chi connectivity index (χ1v) is 12.8. The van der Waals surface area contributed by atoms with Gasteiger partial charge < -0.3 is 10.4 Å². The molecular weight excluding hydrogens is 432 g/mol. The molecule has 0 aliphatic rings. The van der Waals surface area contributed by atoms with Crippen LogP contribution in [0.2, 0.25) is 0 Å². The summed E-state index contributed by atoms with van der Waals surface area (Å²) >= 11 is 0. The fourth-order valence-electron chi connectivity index (χ4n) is 4.06. The van der Waals surface area contributed by atoms with Crippen LogP contribution in [0.25, 0.3) is 10.8 Å². The summed E-state index contributed by atoms with van der Waals surface area (Å²) in [5.41, 5.74) is 3.42. The number of phenolic OH excluding ortho intramolecular Hbond substituents is 1. The molecule has 0 aromatic heterocycles. The number of rotatable bonds is 9. The van der Waals surface area contributed by atoms with Gasteiger partial charge in [0.2, 0.25) is 10.0 Å². The van der Waals surface area contributed by atoms with E-state index in [0.29, 0.717) is 13.0 Å². The predicted molar refractivity (Wildman–Crippen MR) is 135 cm³/mol. The van der Waals surface area contributed by atoms with Gasteiger partial charge in [-0.3, -0.25) is 4.72 Å². The van der Waals surface area contributed by atoms with E-state index in [2.05, 4.69) is 52.5 Å². The van der Waals surface area contributed by atoms with Crippen molar-refractivity contribution in [2.45, 2.75) is 18.9 Å². The number of benzene rings is 4. The van der Waals surface area contributed by atoms with E-state index in [1.54, 1.807) is 6.07 Å². The SMILES string of the molecule is CS(=O)(=O)Nc1c(O)cccc1CCN[C@@H](Cc1ccccc1)c1ccc2ccccc2c1. The fraction of sp³-hybridized carbons (Fsp3) is 0.185. The molecule has 5 nitrogen and oxygen atoms in total. The third kappa shape index (κ3) is 6.12. The molecule has 4 aromatic rings. The van der Waals surface area contributed by atoms with Gasteiger partial charge in [-0.25, -0.2) is 8.42 Å². The number of phenols is 1.